The highest BCUT2D eigenvalue weighted by Gasteiger charge is 2.48. The summed E-state index contributed by atoms with van der Waals surface area (Å²) in [4.78, 5) is 22.7. The maximum atomic E-state index is 11.9. The van der Waals surface area contributed by atoms with Crippen molar-refractivity contribution in [1.82, 2.24) is 5.32 Å². The minimum atomic E-state index is -0.835. The van der Waals surface area contributed by atoms with Gasteiger partial charge >= 0.3 is 5.97 Å². The van der Waals surface area contributed by atoms with Crippen LogP contribution in [0.5, 0.6) is 0 Å². The van der Waals surface area contributed by atoms with E-state index >= 15 is 0 Å². The van der Waals surface area contributed by atoms with Crippen LogP contribution in [0.2, 0.25) is 0 Å². The predicted molar refractivity (Wildman–Crippen MR) is 72.6 cm³/mol. The minimum Gasteiger partial charge on any atom is -0.481 e. The topological polar surface area (TPSA) is 66.4 Å². The van der Waals surface area contributed by atoms with Gasteiger partial charge in [-0.25, -0.2) is 0 Å². The third-order valence-corrected chi connectivity index (χ3v) is 4.59. The number of carboxylic acids is 1. The molecule has 2 fully saturated rings. The van der Waals surface area contributed by atoms with Crippen molar-refractivity contribution >= 4 is 11.9 Å². The molecule has 2 N–H and O–H groups in total. The van der Waals surface area contributed by atoms with Crippen LogP contribution >= 0.6 is 0 Å². The van der Waals surface area contributed by atoms with Gasteiger partial charge in [-0.2, -0.15) is 0 Å². The number of carboxylic acid groups (broad SMARTS) is 1. The maximum absolute atomic E-state index is 11.9. The van der Waals surface area contributed by atoms with Gasteiger partial charge in [-0.15, -0.1) is 0 Å². The summed E-state index contributed by atoms with van der Waals surface area (Å²) in [6, 6.07) is 0. The second kappa shape index (κ2) is 5.51. The standard InChI is InChI=1S/C15H25NO3/c1-10(2)8-15(5-3-4-6-15)9-16-13(17)11-7-12(11)14(18)19/h10-12H,3-9H2,1-2H3,(H,16,17)(H,18,19)/t11-,12+/m1/s1. The zero-order valence-corrected chi connectivity index (χ0v) is 11.9. The Balaban J connectivity index is 1.83. The molecule has 0 aromatic carbocycles. The van der Waals surface area contributed by atoms with Gasteiger partial charge in [-0.1, -0.05) is 26.7 Å². The molecule has 2 aliphatic carbocycles. The summed E-state index contributed by atoms with van der Waals surface area (Å²) in [6.07, 6.45) is 6.56. The number of amides is 1. The van der Waals surface area contributed by atoms with Crippen molar-refractivity contribution in [2.24, 2.45) is 23.2 Å². The highest BCUT2D eigenvalue weighted by atomic mass is 16.4. The van der Waals surface area contributed by atoms with E-state index in [1.54, 1.807) is 0 Å². The lowest BCUT2D eigenvalue weighted by atomic mass is 9.78. The SMILES string of the molecule is CC(C)CC1(CNC(=O)[C@@H]2C[C@@H]2C(=O)O)CCCC1. The molecule has 1 amide bonds. The summed E-state index contributed by atoms with van der Waals surface area (Å²) >= 11 is 0. The van der Waals surface area contributed by atoms with Gasteiger partial charge < -0.3 is 10.4 Å². The number of hydrogen-bond acceptors (Lipinski definition) is 2. The first-order valence-corrected chi connectivity index (χ1v) is 7.44. The molecule has 0 heterocycles. The smallest absolute Gasteiger partial charge is 0.307 e. The molecule has 2 aliphatic rings. The van der Waals surface area contributed by atoms with E-state index in [0.29, 0.717) is 12.3 Å². The average molecular weight is 267 g/mol. The summed E-state index contributed by atoms with van der Waals surface area (Å²) < 4.78 is 0. The zero-order chi connectivity index (χ0) is 14.0. The number of rotatable bonds is 6. The molecule has 4 heteroatoms. The number of nitrogens with one attached hydrogen (secondary N) is 1. The van der Waals surface area contributed by atoms with Crippen molar-refractivity contribution in [3.05, 3.63) is 0 Å². The van der Waals surface area contributed by atoms with Crippen LogP contribution in [0.15, 0.2) is 0 Å². The monoisotopic (exact) mass is 267 g/mol. The van der Waals surface area contributed by atoms with Gasteiger partial charge in [0.1, 0.15) is 0 Å². The van der Waals surface area contributed by atoms with Crippen LogP contribution < -0.4 is 5.32 Å². The van der Waals surface area contributed by atoms with Crippen LogP contribution in [-0.2, 0) is 9.59 Å². The van der Waals surface area contributed by atoms with Crippen LogP contribution in [0.25, 0.3) is 0 Å². The third kappa shape index (κ3) is 3.48. The molecule has 0 aromatic heterocycles. The van der Waals surface area contributed by atoms with Crippen molar-refractivity contribution in [3.8, 4) is 0 Å². The molecule has 0 saturated heterocycles. The van der Waals surface area contributed by atoms with Gasteiger partial charge in [0, 0.05) is 6.54 Å². The lowest BCUT2D eigenvalue weighted by Gasteiger charge is -2.31. The molecule has 0 unspecified atom stereocenters. The highest BCUT2D eigenvalue weighted by Crippen LogP contribution is 2.43. The third-order valence-electron chi connectivity index (χ3n) is 4.59. The second-order valence-corrected chi connectivity index (χ2v) is 6.81. The van der Waals surface area contributed by atoms with E-state index in [1.165, 1.54) is 25.7 Å². The number of carbonyl (C=O) groups excluding carboxylic acids is 1. The Morgan fingerprint density at radius 1 is 1.26 bits per heavy atom. The van der Waals surface area contributed by atoms with E-state index in [1.807, 2.05) is 0 Å². The van der Waals surface area contributed by atoms with Crippen LogP contribution in [0.4, 0.5) is 0 Å². The molecule has 0 bridgehead atoms. The fourth-order valence-corrected chi connectivity index (χ4v) is 3.61. The van der Waals surface area contributed by atoms with Gasteiger partial charge in [0.25, 0.3) is 0 Å². The number of carbonyl (C=O) groups is 2. The van der Waals surface area contributed by atoms with E-state index in [4.69, 9.17) is 5.11 Å². The normalized spacial score (nSPS) is 28.4. The molecule has 19 heavy (non-hydrogen) atoms. The molecule has 2 atom stereocenters. The zero-order valence-electron chi connectivity index (χ0n) is 11.9. The molecule has 2 rings (SSSR count). The van der Waals surface area contributed by atoms with Crippen molar-refractivity contribution in [1.29, 1.82) is 0 Å². The number of hydrogen-bond donors (Lipinski definition) is 2. The van der Waals surface area contributed by atoms with Crippen molar-refractivity contribution in [2.75, 3.05) is 6.54 Å². The van der Waals surface area contributed by atoms with E-state index in [0.717, 1.165) is 13.0 Å². The largest absolute Gasteiger partial charge is 0.481 e. The van der Waals surface area contributed by atoms with E-state index in [9.17, 15) is 9.59 Å². The molecule has 0 aliphatic heterocycles. The first-order valence-electron chi connectivity index (χ1n) is 7.44. The summed E-state index contributed by atoms with van der Waals surface area (Å²) in [5.74, 6) is -0.970. The van der Waals surface area contributed by atoms with E-state index in [-0.39, 0.29) is 17.2 Å². The van der Waals surface area contributed by atoms with Crippen molar-refractivity contribution in [3.63, 3.8) is 0 Å². The molecule has 0 radical (unpaired) electrons. The Bertz CT molecular complexity index is 358. The van der Waals surface area contributed by atoms with E-state index in [2.05, 4.69) is 19.2 Å². The maximum Gasteiger partial charge on any atom is 0.307 e. The Kier molecular flexibility index (Phi) is 4.16. The second-order valence-electron chi connectivity index (χ2n) is 6.81. The minimum absolute atomic E-state index is 0.0533. The van der Waals surface area contributed by atoms with Crippen LogP contribution in [0, 0.1) is 23.2 Å². The molecule has 0 aromatic rings. The first kappa shape index (κ1) is 14.4. The summed E-state index contributed by atoms with van der Waals surface area (Å²) in [5, 5.41) is 11.9. The molecular formula is C15H25NO3. The molecule has 108 valence electrons. The molecular weight excluding hydrogens is 242 g/mol. The lowest BCUT2D eigenvalue weighted by Crippen LogP contribution is -2.38. The van der Waals surface area contributed by atoms with Crippen LogP contribution in [0.1, 0.15) is 52.4 Å². The summed E-state index contributed by atoms with van der Waals surface area (Å²) in [6.45, 7) is 5.18. The number of aliphatic carboxylic acids is 1. The lowest BCUT2D eigenvalue weighted by molar-refractivity contribution is -0.140. The highest BCUT2D eigenvalue weighted by molar-refractivity contribution is 5.89. The Morgan fingerprint density at radius 3 is 2.37 bits per heavy atom. The van der Waals surface area contributed by atoms with Gasteiger partial charge in [-0.3, -0.25) is 9.59 Å². The first-order chi connectivity index (χ1) is 8.93. The molecule has 4 nitrogen and oxygen atoms in total. The summed E-state index contributed by atoms with van der Waals surface area (Å²) in [7, 11) is 0. The van der Waals surface area contributed by atoms with Gasteiger partial charge in [0.15, 0.2) is 0 Å². The van der Waals surface area contributed by atoms with Crippen molar-refractivity contribution < 1.29 is 14.7 Å². The Hall–Kier alpha value is -1.06. The van der Waals surface area contributed by atoms with Crippen LogP contribution in [-0.4, -0.2) is 23.5 Å². The van der Waals surface area contributed by atoms with E-state index < -0.39 is 11.9 Å². The fourth-order valence-electron chi connectivity index (χ4n) is 3.61. The van der Waals surface area contributed by atoms with Crippen LogP contribution in [0.3, 0.4) is 0 Å². The van der Waals surface area contributed by atoms with Gasteiger partial charge in [0.05, 0.1) is 11.8 Å². The summed E-state index contributed by atoms with van der Waals surface area (Å²) in [5.41, 5.74) is 0.261. The Morgan fingerprint density at radius 2 is 1.89 bits per heavy atom. The quantitative estimate of drug-likeness (QED) is 0.776. The van der Waals surface area contributed by atoms with Gasteiger partial charge in [-0.05, 0) is 37.0 Å². The average Bonchev–Trinajstić information content (AvgIpc) is 3.01. The Labute approximate surface area is 115 Å². The predicted octanol–water partition coefficient (Wildman–Crippen LogP) is 2.43. The van der Waals surface area contributed by atoms with Crippen molar-refractivity contribution in [2.45, 2.75) is 52.4 Å². The molecule has 0 spiro atoms. The molecule has 2 saturated carbocycles. The van der Waals surface area contributed by atoms with Gasteiger partial charge in [0.2, 0.25) is 5.91 Å². The fraction of sp³-hybridized carbons (Fsp3) is 0.867.